The van der Waals surface area contributed by atoms with Crippen molar-refractivity contribution in [3.63, 3.8) is 0 Å². The third kappa shape index (κ3) is 9.96. The summed E-state index contributed by atoms with van der Waals surface area (Å²) in [6.07, 6.45) is 0.136. The number of anilines is 1. The first-order valence-corrected chi connectivity index (χ1v) is 16.7. The Morgan fingerprint density at radius 2 is 1.59 bits per heavy atom. The number of carbonyl (C=O) groups is 1. The van der Waals surface area contributed by atoms with E-state index in [1.807, 2.05) is 75.4 Å². The predicted octanol–water partition coefficient (Wildman–Crippen LogP) is 5.47. The summed E-state index contributed by atoms with van der Waals surface area (Å²) in [7, 11) is -3.59. The first-order chi connectivity index (χ1) is 21.9. The largest absolute Gasteiger partial charge is 0.492 e. The van der Waals surface area contributed by atoms with E-state index in [-0.39, 0.29) is 18.3 Å². The molecule has 0 aliphatic heterocycles. The van der Waals surface area contributed by atoms with Crippen LogP contribution in [0.25, 0.3) is 11.1 Å². The number of hydrogen-bond donors (Lipinski definition) is 4. The van der Waals surface area contributed by atoms with Gasteiger partial charge in [-0.2, -0.15) is 0 Å². The van der Waals surface area contributed by atoms with Gasteiger partial charge >= 0.3 is 5.97 Å². The Balaban J connectivity index is 1.35. The number of carboxylic acid groups (broad SMARTS) is 1. The van der Waals surface area contributed by atoms with Crippen LogP contribution in [0.3, 0.4) is 0 Å². The number of nitrogens with one attached hydrogen (secondary N) is 2. The molecule has 46 heavy (non-hydrogen) atoms. The van der Waals surface area contributed by atoms with Crippen molar-refractivity contribution in [1.29, 1.82) is 0 Å². The second kappa shape index (κ2) is 15.6. The maximum Gasteiger partial charge on any atom is 0.341 e. The summed E-state index contributed by atoms with van der Waals surface area (Å²) >= 11 is 0. The van der Waals surface area contributed by atoms with Gasteiger partial charge in [0, 0.05) is 12.6 Å². The molecule has 2 atom stereocenters. The standard InChI is InChI=1S/C35H40N2O8S/c1-23-17-29(27-11-8-12-30(19-27)44-22-33(38)39)18-24(2)35(23)43-16-15-36-25(3)34(40)28-13-14-32(31(20-28)37-46(4,41)42)45-21-26-9-6-5-7-10-26/h5-14,17-20,25,34,36-37,40H,15-16,21-22H2,1-4H3,(H,38,39)/t25-,34-/m0/s1. The normalized spacial score (nSPS) is 12.6. The molecule has 4 aromatic rings. The van der Waals surface area contributed by atoms with Gasteiger partial charge in [-0.1, -0.05) is 48.5 Å². The average molecular weight is 649 g/mol. The Bertz CT molecular complexity index is 1720. The molecule has 4 aromatic carbocycles. The van der Waals surface area contributed by atoms with Crippen LogP contribution < -0.4 is 24.2 Å². The number of hydrogen-bond acceptors (Lipinski definition) is 8. The van der Waals surface area contributed by atoms with Gasteiger partial charge < -0.3 is 29.7 Å². The molecule has 0 saturated carbocycles. The van der Waals surface area contributed by atoms with Gasteiger partial charge in [-0.25, -0.2) is 13.2 Å². The summed E-state index contributed by atoms with van der Waals surface area (Å²) in [6, 6.07) is 25.4. The van der Waals surface area contributed by atoms with E-state index in [0.717, 1.165) is 39.8 Å². The highest BCUT2D eigenvalue weighted by Crippen LogP contribution is 2.33. The van der Waals surface area contributed by atoms with Crippen LogP contribution in [0, 0.1) is 13.8 Å². The van der Waals surface area contributed by atoms with Gasteiger partial charge in [-0.05, 0) is 90.6 Å². The maximum atomic E-state index is 12.1. The molecule has 0 amide bonds. The summed E-state index contributed by atoms with van der Waals surface area (Å²) in [5, 5.41) is 23.2. The Kier molecular flexibility index (Phi) is 11.6. The van der Waals surface area contributed by atoms with Crippen LogP contribution in [0.15, 0.2) is 84.9 Å². The van der Waals surface area contributed by atoms with Gasteiger partial charge in [0.1, 0.15) is 30.5 Å². The molecule has 0 radical (unpaired) electrons. The number of rotatable bonds is 16. The van der Waals surface area contributed by atoms with E-state index in [1.54, 1.807) is 30.3 Å². The van der Waals surface area contributed by atoms with Crippen LogP contribution in [0.2, 0.25) is 0 Å². The SMILES string of the molecule is Cc1cc(-c2cccc(OCC(=O)O)c2)cc(C)c1OCCN[C@@H](C)[C@H](O)c1ccc(OCc2ccccc2)c(NS(C)(=O)=O)c1. The summed E-state index contributed by atoms with van der Waals surface area (Å²) < 4.78 is 43.9. The molecule has 0 unspecified atom stereocenters. The molecule has 0 heterocycles. The third-order valence-electron chi connectivity index (χ3n) is 7.16. The predicted molar refractivity (Wildman–Crippen MR) is 178 cm³/mol. The van der Waals surface area contributed by atoms with Crippen molar-refractivity contribution in [1.82, 2.24) is 5.32 Å². The van der Waals surface area contributed by atoms with Crippen molar-refractivity contribution >= 4 is 21.7 Å². The van der Waals surface area contributed by atoms with Crippen LogP contribution in [0.5, 0.6) is 17.2 Å². The van der Waals surface area contributed by atoms with E-state index >= 15 is 0 Å². The molecule has 10 nitrogen and oxygen atoms in total. The van der Waals surface area contributed by atoms with Crippen LogP contribution in [0.4, 0.5) is 5.69 Å². The van der Waals surface area contributed by atoms with E-state index in [9.17, 15) is 18.3 Å². The fourth-order valence-electron chi connectivity index (χ4n) is 4.97. The fourth-order valence-corrected chi connectivity index (χ4v) is 5.53. The highest BCUT2D eigenvalue weighted by atomic mass is 32.2. The highest BCUT2D eigenvalue weighted by molar-refractivity contribution is 7.92. The zero-order valence-corrected chi connectivity index (χ0v) is 27.1. The topological polar surface area (TPSA) is 143 Å². The molecule has 11 heteroatoms. The van der Waals surface area contributed by atoms with Gasteiger partial charge in [0.25, 0.3) is 0 Å². The quantitative estimate of drug-likeness (QED) is 0.116. The Morgan fingerprint density at radius 3 is 2.26 bits per heavy atom. The van der Waals surface area contributed by atoms with Crippen LogP contribution in [-0.2, 0) is 21.4 Å². The molecule has 0 spiro atoms. The van der Waals surface area contributed by atoms with Gasteiger partial charge in [0.05, 0.1) is 18.0 Å². The molecule has 4 rings (SSSR count). The number of aliphatic hydroxyl groups excluding tert-OH is 1. The number of carboxylic acids is 1. The van der Waals surface area contributed by atoms with Gasteiger partial charge in [0.15, 0.2) is 6.61 Å². The lowest BCUT2D eigenvalue weighted by atomic mass is 9.99. The second-order valence-corrected chi connectivity index (χ2v) is 12.8. The lowest BCUT2D eigenvalue weighted by Crippen LogP contribution is -2.35. The van der Waals surface area contributed by atoms with E-state index in [4.69, 9.17) is 19.3 Å². The number of benzene rings is 4. The molecule has 4 N–H and O–H groups in total. The Morgan fingerprint density at radius 1 is 0.870 bits per heavy atom. The third-order valence-corrected chi connectivity index (χ3v) is 7.75. The molecule has 0 aromatic heterocycles. The lowest BCUT2D eigenvalue weighted by molar-refractivity contribution is -0.139. The van der Waals surface area contributed by atoms with E-state index < -0.39 is 28.7 Å². The number of aliphatic hydroxyl groups is 1. The van der Waals surface area contributed by atoms with Crippen molar-refractivity contribution in [2.45, 2.75) is 39.5 Å². The molecule has 244 valence electrons. The molecule has 0 aliphatic rings. The van der Waals surface area contributed by atoms with Gasteiger partial charge in [0.2, 0.25) is 10.0 Å². The molecule has 0 saturated heterocycles. The Hall–Kier alpha value is -4.58. The molecule has 0 aliphatic carbocycles. The first kappa shape index (κ1) is 34.3. The van der Waals surface area contributed by atoms with Gasteiger partial charge in [-0.3, -0.25) is 4.72 Å². The van der Waals surface area contributed by atoms with E-state index in [1.165, 1.54) is 0 Å². The average Bonchev–Trinajstić information content (AvgIpc) is 3.01. The number of sulfonamides is 1. The number of ether oxygens (including phenoxy) is 3. The first-order valence-electron chi connectivity index (χ1n) is 14.8. The monoisotopic (exact) mass is 648 g/mol. The summed E-state index contributed by atoms with van der Waals surface area (Å²) in [5.74, 6) is 0.565. The van der Waals surface area contributed by atoms with Crippen molar-refractivity contribution in [2.75, 3.05) is 30.7 Å². The van der Waals surface area contributed by atoms with Crippen LogP contribution in [0.1, 0.15) is 35.3 Å². The van der Waals surface area contributed by atoms with Gasteiger partial charge in [-0.15, -0.1) is 0 Å². The zero-order valence-electron chi connectivity index (χ0n) is 26.3. The molecule has 0 bridgehead atoms. The molecule has 0 fully saturated rings. The van der Waals surface area contributed by atoms with Crippen molar-refractivity contribution < 1.29 is 37.6 Å². The van der Waals surface area contributed by atoms with E-state index in [2.05, 4.69) is 10.0 Å². The number of aliphatic carboxylic acids is 1. The zero-order chi connectivity index (χ0) is 33.3. The van der Waals surface area contributed by atoms with Crippen molar-refractivity contribution in [2.24, 2.45) is 0 Å². The minimum absolute atomic E-state index is 0.249. The van der Waals surface area contributed by atoms with Crippen molar-refractivity contribution in [3.8, 4) is 28.4 Å². The second-order valence-electron chi connectivity index (χ2n) is 11.1. The van der Waals surface area contributed by atoms with Crippen LogP contribution in [-0.4, -0.2) is 56.7 Å². The summed E-state index contributed by atoms with van der Waals surface area (Å²) in [5.41, 5.74) is 5.46. The molecular formula is C35H40N2O8S. The smallest absolute Gasteiger partial charge is 0.341 e. The van der Waals surface area contributed by atoms with Crippen LogP contribution >= 0.6 is 0 Å². The maximum absolute atomic E-state index is 12.1. The fraction of sp³-hybridized carbons (Fsp3) is 0.286. The Labute approximate surface area is 270 Å². The number of aryl methyl sites for hydroxylation is 2. The highest BCUT2D eigenvalue weighted by Gasteiger charge is 2.19. The summed E-state index contributed by atoms with van der Waals surface area (Å²) in [6.45, 7) is 6.43. The minimum Gasteiger partial charge on any atom is -0.492 e. The van der Waals surface area contributed by atoms with Crippen molar-refractivity contribution in [3.05, 3.63) is 107 Å². The summed E-state index contributed by atoms with van der Waals surface area (Å²) in [4.78, 5) is 10.8. The lowest BCUT2D eigenvalue weighted by Gasteiger charge is -2.23. The van der Waals surface area contributed by atoms with E-state index in [0.29, 0.717) is 30.2 Å². The molecular weight excluding hydrogens is 608 g/mol. The minimum atomic E-state index is -3.59.